The lowest BCUT2D eigenvalue weighted by atomic mass is 10.0. The zero-order chi connectivity index (χ0) is 12.6. The Hall–Kier alpha value is -1.31. The summed E-state index contributed by atoms with van der Waals surface area (Å²) in [5, 5.41) is 0. The van der Waals surface area contributed by atoms with Crippen LogP contribution < -0.4 is 0 Å². The van der Waals surface area contributed by atoms with Gasteiger partial charge in [-0.25, -0.2) is 4.98 Å². The van der Waals surface area contributed by atoms with E-state index in [0.29, 0.717) is 11.8 Å². The number of hydrogen-bond acceptors (Lipinski definition) is 1. The number of rotatable bonds is 3. The van der Waals surface area contributed by atoms with E-state index >= 15 is 0 Å². The van der Waals surface area contributed by atoms with E-state index < -0.39 is 0 Å². The molecule has 0 saturated heterocycles. The number of aryl methyl sites for hydroxylation is 1. The normalized spacial score (nSPS) is 11.9. The van der Waals surface area contributed by atoms with E-state index in [0.717, 1.165) is 12.1 Å². The van der Waals surface area contributed by atoms with Gasteiger partial charge < -0.3 is 4.57 Å². The van der Waals surface area contributed by atoms with Gasteiger partial charge in [0.05, 0.1) is 11.0 Å². The highest BCUT2D eigenvalue weighted by molar-refractivity contribution is 5.77. The molecular formula is C15H22N2. The molecule has 92 valence electrons. The average molecular weight is 230 g/mol. The van der Waals surface area contributed by atoms with Gasteiger partial charge in [0.25, 0.3) is 0 Å². The van der Waals surface area contributed by atoms with Crippen LogP contribution in [-0.2, 0) is 6.54 Å². The van der Waals surface area contributed by atoms with E-state index in [9.17, 15) is 0 Å². The minimum atomic E-state index is 0.477. The fourth-order valence-electron chi connectivity index (χ4n) is 2.30. The summed E-state index contributed by atoms with van der Waals surface area (Å²) in [6.07, 6.45) is 0. The zero-order valence-electron chi connectivity index (χ0n) is 11.5. The molecule has 1 heterocycles. The topological polar surface area (TPSA) is 17.8 Å². The first kappa shape index (κ1) is 12.2. The van der Waals surface area contributed by atoms with Gasteiger partial charge in [-0.3, -0.25) is 0 Å². The third kappa shape index (κ3) is 2.08. The largest absolute Gasteiger partial charge is 0.328 e. The van der Waals surface area contributed by atoms with E-state index in [1.165, 1.54) is 16.9 Å². The maximum Gasteiger partial charge on any atom is 0.112 e. The molecule has 2 nitrogen and oxygen atoms in total. The molecule has 0 aliphatic heterocycles. The molecule has 0 atom stereocenters. The molecule has 1 aromatic carbocycles. The van der Waals surface area contributed by atoms with Crippen LogP contribution in [0.4, 0.5) is 0 Å². The van der Waals surface area contributed by atoms with Crippen molar-refractivity contribution in [3.05, 3.63) is 29.6 Å². The maximum absolute atomic E-state index is 4.79. The van der Waals surface area contributed by atoms with Crippen LogP contribution in [0.5, 0.6) is 0 Å². The van der Waals surface area contributed by atoms with E-state index in [4.69, 9.17) is 4.98 Å². The van der Waals surface area contributed by atoms with Gasteiger partial charge in [0.2, 0.25) is 0 Å². The second-order valence-corrected chi connectivity index (χ2v) is 5.27. The lowest BCUT2D eigenvalue weighted by Gasteiger charge is -2.08. The first-order chi connectivity index (χ1) is 8.04. The first-order valence-corrected chi connectivity index (χ1v) is 6.54. The molecule has 2 heteroatoms. The Labute approximate surface area is 104 Å². The van der Waals surface area contributed by atoms with Crippen molar-refractivity contribution in [2.24, 2.45) is 0 Å². The van der Waals surface area contributed by atoms with Crippen LogP contribution in [0.3, 0.4) is 0 Å². The summed E-state index contributed by atoms with van der Waals surface area (Å²) in [6.45, 7) is 12.0. The van der Waals surface area contributed by atoms with Crippen molar-refractivity contribution in [3.8, 4) is 0 Å². The summed E-state index contributed by atoms with van der Waals surface area (Å²) < 4.78 is 2.32. The molecule has 0 bridgehead atoms. The number of imidazole rings is 1. The predicted molar refractivity (Wildman–Crippen MR) is 73.6 cm³/mol. The summed E-state index contributed by atoms with van der Waals surface area (Å²) in [5.41, 5.74) is 3.77. The van der Waals surface area contributed by atoms with E-state index in [1.54, 1.807) is 0 Å². The molecule has 0 unspecified atom stereocenters. The number of aromatic nitrogens is 2. The Morgan fingerprint density at radius 3 is 2.35 bits per heavy atom. The molecular weight excluding hydrogens is 208 g/mol. The lowest BCUT2D eigenvalue weighted by Crippen LogP contribution is -2.03. The third-order valence-electron chi connectivity index (χ3n) is 3.30. The van der Waals surface area contributed by atoms with Crippen LogP contribution in [0.1, 0.15) is 57.8 Å². The van der Waals surface area contributed by atoms with Crippen LogP contribution in [0, 0.1) is 0 Å². The van der Waals surface area contributed by atoms with Crippen molar-refractivity contribution in [2.75, 3.05) is 0 Å². The Morgan fingerprint density at radius 2 is 1.82 bits per heavy atom. The molecule has 17 heavy (non-hydrogen) atoms. The predicted octanol–water partition coefficient (Wildman–Crippen LogP) is 4.30. The molecule has 1 aromatic heterocycles. The van der Waals surface area contributed by atoms with Crippen molar-refractivity contribution in [1.29, 1.82) is 0 Å². The van der Waals surface area contributed by atoms with Gasteiger partial charge in [-0.2, -0.15) is 0 Å². The van der Waals surface area contributed by atoms with Crippen molar-refractivity contribution in [3.63, 3.8) is 0 Å². The number of hydrogen-bond donors (Lipinski definition) is 0. The standard InChI is InChI=1S/C15H22N2/c1-6-17-14-8-7-12(10(2)3)9-13(14)16-15(17)11(4)5/h7-11H,6H2,1-5H3. The van der Waals surface area contributed by atoms with Gasteiger partial charge in [-0.15, -0.1) is 0 Å². The molecule has 0 radical (unpaired) electrons. The van der Waals surface area contributed by atoms with Crippen LogP contribution in [0.25, 0.3) is 11.0 Å². The Kier molecular flexibility index (Phi) is 3.23. The lowest BCUT2D eigenvalue weighted by molar-refractivity contribution is 0.667. The molecule has 0 saturated carbocycles. The van der Waals surface area contributed by atoms with Crippen molar-refractivity contribution >= 4 is 11.0 Å². The van der Waals surface area contributed by atoms with Gasteiger partial charge in [0.15, 0.2) is 0 Å². The Balaban J connectivity index is 2.64. The molecule has 0 fully saturated rings. The van der Waals surface area contributed by atoms with Gasteiger partial charge in [0.1, 0.15) is 5.82 Å². The summed E-state index contributed by atoms with van der Waals surface area (Å²) in [6, 6.07) is 6.68. The van der Waals surface area contributed by atoms with Crippen LogP contribution in [0.2, 0.25) is 0 Å². The fourth-order valence-corrected chi connectivity index (χ4v) is 2.30. The number of fused-ring (bicyclic) bond motifs is 1. The summed E-state index contributed by atoms with van der Waals surface area (Å²) in [5.74, 6) is 2.24. The van der Waals surface area contributed by atoms with Gasteiger partial charge in [-0.05, 0) is 30.5 Å². The third-order valence-corrected chi connectivity index (χ3v) is 3.30. The number of benzene rings is 1. The highest BCUT2D eigenvalue weighted by atomic mass is 15.1. The van der Waals surface area contributed by atoms with Crippen molar-refractivity contribution in [2.45, 2.75) is 53.0 Å². The highest BCUT2D eigenvalue weighted by Crippen LogP contribution is 2.25. The summed E-state index contributed by atoms with van der Waals surface area (Å²) >= 11 is 0. The zero-order valence-corrected chi connectivity index (χ0v) is 11.5. The molecule has 0 spiro atoms. The molecule has 0 aliphatic rings. The number of nitrogens with zero attached hydrogens (tertiary/aromatic N) is 2. The van der Waals surface area contributed by atoms with Gasteiger partial charge >= 0.3 is 0 Å². The Morgan fingerprint density at radius 1 is 1.12 bits per heavy atom. The monoisotopic (exact) mass is 230 g/mol. The summed E-state index contributed by atoms with van der Waals surface area (Å²) in [7, 11) is 0. The fraction of sp³-hybridized carbons (Fsp3) is 0.533. The average Bonchev–Trinajstić information content (AvgIpc) is 2.66. The molecule has 0 N–H and O–H groups in total. The van der Waals surface area contributed by atoms with E-state index in [1.807, 2.05) is 0 Å². The second-order valence-electron chi connectivity index (χ2n) is 5.27. The van der Waals surface area contributed by atoms with Crippen LogP contribution >= 0.6 is 0 Å². The van der Waals surface area contributed by atoms with E-state index in [2.05, 4.69) is 57.4 Å². The van der Waals surface area contributed by atoms with E-state index in [-0.39, 0.29) is 0 Å². The van der Waals surface area contributed by atoms with Crippen LogP contribution in [-0.4, -0.2) is 9.55 Å². The highest BCUT2D eigenvalue weighted by Gasteiger charge is 2.13. The smallest absolute Gasteiger partial charge is 0.112 e. The minimum Gasteiger partial charge on any atom is -0.328 e. The molecule has 2 rings (SSSR count). The Bertz CT molecular complexity index is 521. The SMILES string of the molecule is CCn1c(C(C)C)nc2cc(C(C)C)ccc21. The molecule has 0 amide bonds. The van der Waals surface area contributed by atoms with Crippen molar-refractivity contribution in [1.82, 2.24) is 9.55 Å². The second kappa shape index (κ2) is 4.52. The summed E-state index contributed by atoms with van der Waals surface area (Å²) in [4.78, 5) is 4.79. The van der Waals surface area contributed by atoms with Gasteiger partial charge in [0, 0.05) is 12.5 Å². The molecule has 2 aromatic rings. The quantitative estimate of drug-likeness (QED) is 0.768. The minimum absolute atomic E-state index is 0.477. The van der Waals surface area contributed by atoms with Gasteiger partial charge in [-0.1, -0.05) is 33.8 Å². The van der Waals surface area contributed by atoms with Crippen LogP contribution in [0.15, 0.2) is 18.2 Å². The maximum atomic E-state index is 4.79. The van der Waals surface area contributed by atoms with Crippen molar-refractivity contribution < 1.29 is 0 Å². The molecule has 0 aliphatic carbocycles. The first-order valence-electron chi connectivity index (χ1n) is 6.54.